The van der Waals surface area contributed by atoms with Gasteiger partial charge in [-0.25, -0.2) is 8.42 Å². The molecule has 136 valence electrons. The fourth-order valence-corrected chi connectivity index (χ4v) is 5.37. The van der Waals surface area contributed by atoms with Crippen LogP contribution in [0.2, 0.25) is 0 Å². The van der Waals surface area contributed by atoms with Crippen LogP contribution >= 0.6 is 0 Å². The largest absolute Gasteiger partial charge is 0.490 e. The highest BCUT2D eigenvalue weighted by Crippen LogP contribution is 2.43. The van der Waals surface area contributed by atoms with Crippen molar-refractivity contribution in [2.24, 2.45) is 0 Å². The molecule has 3 aromatic rings. The Balaban J connectivity index is 2.01. The Bertz CT molecular complexity index is 1100. The molecule has 3 aromatic carbocycles. The number of hydrogen-bond acceptors (Lipinski definition) is 4. The fraction of sp³-hybridized carbons (Fsp3) is 0.136. The highest BCUT2D eigenvalue weighted by molar-refractivity contribution is 7.93. The van der Waals surface area contributed by atoms with Crippen LogP contribution in [-0.4, -0.2) is 20.8 Å². The van der Waals surface area contributed by atoms with Crippen LogP contribution in [-0.2, 0) is 14.6 Å². The normalized spacial score (nSPS) is 19.2. The molecule has 27 heavy (non-hydrogen) atoms. The molecule has 1 heterocycles. The molecule has 0 spiro atoms. The molecule has 0 bridgehead atoms. The molecule has 0 saturated carbocycles. The van der Waals surface area contributed by atoms with Gasteiger partial charge < -0.3 is 4.74 Å². The van der Waals surface area contributed by atoms with Crippen molar-refractivity contribution >= 4 is 15.6 Å². The van der Waals surface area contributed by atoms with E-state index in [0.717, 1.165) is 5.56 Å². The van der Waals surface area contributed by atoms with Crippen LogP contribution in [0.15, 0.2) is 83.8 Å². The molecule has 1 atom stereocenters. The van der Waals surface area contributed by atoms with E-state index in [1.54, 1.807) is 54.6 Å². The molecule has 0 amide bonds. The van der Waals surface area contributed by atoms with Crippen LogP contribution in [0, 0.1) is 6.92 Å². The quantitative estimate of drug-likeness (QED) is 0.693. The number of carbonyl (C=O) groups is 1. The Labute approximate surface area is 158 Å². The first-order valence-electron chi connectivity index (χ1n) is 8.60. The van der Waals surface area contributed by atoms with Gasteiger partial charge in [0.25, 0.3) is 0 Å². The number of aryl methyl sites for hydroxylation is 1. The standard InChI is InChI=1S/C22H18O4S/c1-16-11-13-17(14-12-16)22(27(24,25)18-7-3-2-4-8-18)15-26-20-10-6-5-9-19(20)21(22)23/h2-14H,15H2,1H3. The van der Waals surface area contributed by atoms with Crippen LogP contribution in [0.3, 0.4) is 0 Å². The summed E-state index contributed by atoms with van der Waals surface area (Å²) in [7, 11) is -4.06. The van der Waals surface area contributed by atoms with Gasteiger partial charge in [-0.15, -0.1) is 0 Å². The van der Waals surface area contributed by atoms with Crippen molar-refractivity contribution in [3.8, 4) is 5.75 Å². The second kappa shape index (κ2) is 6.35. The summed E-state index contributed by atoms with van der Waals surface area (Å²) >= 11 is 0. The zero-order valence-corrected chi connectivity index (χ0v) is 15.6. The zero-order chi connectivity index (χ0) is 19.1. The zero-order valence-electron chi connectivity index (χ0n) is 14.8. The van der Waals surface area contributed by atoms with Gasteiger partial charge in [0, 0.05) is 0 Å². The first-order valence-corrected chi connectivity index (χ1v) is 10.1. The van der Waals surface area contributed by atoms with E-state index in [1.807, 2.05) is 19.1 Å². The van der Waals surface area contributed by atoms with Crippen LogP contribution in [0.5, 0.6) is 5.75 Å². The van der Waals surface area contributed by atoms with Gasteiger partial charge in [0.15, 0.2) is 20.4 Å². The summed E-state index contributed by atoms with van der Waals surface area (Å²) in [6, 6.07) is 21.9. The second-order valence-corrected chi connectivity index (χ2v) is 8.80. The molecule has 0 saturated heterocycles. The van der Waals surface area contributed by atoms with Gasteiger partial charge in [-0.3, -0.25) is 4.79 Å². The van der Waals surface area contributed by atoms with Crippen molar-refractivity contribution < 1.29 is 17.9 Å². The Kier molecular flexibility index (Phi) is 4.12. The molecular formula is C22H18O4S. The molecule has 1 aliphatic heterocycles. The Hall–Kier alpha value is -2.92. The molecule has 0 N–H and O–H groups in total. The first kappa shape index (κ1) is 17.5. The number of ketones is 1. The van der Waals surface area contributed by atoms with E-state index >= 15 is 0 Å². The molecule has 1 aliphatic rings. The van der Waals surface area contributed by atoms with Crippen LogP contribution < -0.4 is 4.74 Å². The topological polar surface area (TPSA) is 60.4 Å². The molecule has 0 radical (unpaired) electrons. The van der Waals surface area contributed by atoms with Gasteiger partial charge in [0.2, 0.25) is 0 Å². The van der Waals surface area contributed by atoms with E-state index in [-0.39, 0.29) is 17.1 Å². The maximum absolute atomic E-state index is 13.7. The number of fused-ring (bicyclic) bond motifs is 1. The molecule has 0 fully saturated rings. The maximum Gasteiger partial charge on any atom is 0.199 e. The van der Waals surface area contributed by atoms with E-state index in [2.05, 4.69) is 0 Å². The summed E-state index contributed by atoms with van der Waals surface area (Å²) in [4.78, 5) is 13.7. The van der Waals surface area contributed by atoms with E-state index < -0.39 is 20.4 Å². The van der Waals surface area contributed by atoms with Gasteiger partial charge in [-0.1, -0.05) is 60.2 Å². The predicted octanol–water partition coefficient (Wildman–Crippen LogP) is 3.94. The van der Waals surface area contributed by atoms with Crippen molar-refractivity contribution in [2.45, 2.75) is 16.6 Å². The minimum absolute atomic E-state index is 0.0990. The van der Waals surface area contributed by atoms with Gasteiger partial charge in [-0.2, -0.15) is 0 Å². The lowest BCUT2D eigenvalue weighted by molar-refractivity contribution is 0.0858. The van der Waals surface area contributed by atoms with Crippen molar-refractivity contribution in [3.05, 3.63) is 95.6 Å². The van der Waals surface area contributed by atoms with Crippen LogP contribution in [0.25, 0.3) is 0 Å². The van der Waals surface area contributed by atoms with E-state index in [9.17, 15) is 13.2 Å². The number of ether oxygens (including phenoxy) is 1. The fourth-order valence-electron chi connectivity index (χ4n) is 3.44. The summed E-state index contributed by atoms with van der Waals surface area (Å²) in [5.41, 5.74) is 1.68. The molecule has 0 aliphatic carbocycles. The van der Waals surface area contributed by atoms with Gasteiger partial charge in [-0.05, 0) is 36.8 Å². The number of para-hydroxylation sites is 1. The average Bonchev–Trinajstić information content (AvgIpc) is 2.70. The predicted molar refractivity (Wildman–Crippen MR) is 103 cm³/mol. The van der Waals surface area contributed by atoms with Gasteiger partial charge >= 0.3 is 0 Å². The van der Waals surface area contributed by atoms with E-state index in [0.29, 0.717) is 11.3 Å². The molecule has 0 aromatic heterocycles. The number of rotatable bonds is 3. The van der Waals surface area contributed by atoms with E-state index in [4.69, 9.17) is 4.74 Å². The van der Waals surface area contributed by atoms with Crippen molar-refractivity contribution in [1.29, 1.82) is 0 Å². The summed E-state index contributed by atoms with van der Waals surface area (Å²) in [6.07, 6.45) is 0. The molecule has 4 rings (SSSR count). The van der Waals surface area contributed by atoms with Crippen LogP contribution in [0.4, 0.5) is 0 Å². The van der Waals surface area contributed by atoms with E-state index in [1.165, 1.54) is 12.1 Å². The maximum atomic E-state index is 13.7. The number of sulfone groups is 1. The minimum atomic E-state index is -4.06. The SMILES string of the molecule is Cc1ccc(C2(S(=O)(=O)c3ccccc3)COc3ccccc3C2=O)cc1. The first-order chi connectivity index (χ1) is 13.0. The number of hydrogen-bond donors (Lipinski definition) is 0. The average molecular weight is 378 g/mol. The van der Waals surface area contributed by atoms with Gasteiger partial charge in [0.05, 0.1) is 10.5 Å². The van der Waals surface area contributed by atoms with Crippen molar-refractivity contribution in [1.82, 2.24) is 0 Å². The summed E-state index contributed by atoms with van der Waals surface area (Å²) in [5, 5.41) is 0. The lowest BCUT2D eigenvalue weighted by Crippen LogP contribution is -2.51. The summed E-state index contributed by atoms with van der Waals surface area (Å²) in [5.74, 6) is -0.0504. The molecular weight excluding hydrogens is 360 g/mol. The Morgan fingerprint density at radius 1 is 0.852 bits per heavy atom. The highest BCUT2D eigenvalue weighted by Gasteiger charge is 2.56. The van der Waals surface area contributed by atoms with Gasteiger partial charge in [0.1, 0.15) is 12.4 Å². The second-order valence-electron chi connectivity index (χ2n) is 6.62. The monoisotopic (exact) mass is 378 g/mol. The summed E-state index contributed by atoms with van der Waals surface area (Å²) < 4.78 is 31.4. The van der Waals surface area contributed by atoms with Crippen LogP contribution in [0.1, 0.15) is 21.5 Å². The number of benzene rings is 3. The van der Waals surface area contributed by atoms with Crippen molar-refractivity contribution in [2.75, 3.05) is 6.61 Å². The smallest absolute Gasteiger partial charge is 0.199 e. The lowest BCUT2D eigenvalue weighted by Gasteiger charge is -2.36. The summed E-state index contributed by atoms with van der Waals surface area (Å²) in [6.45, 7) is 1.65. The third-order valence-corrected chi connectivity index (χ3v) is 7.31. The molecule has 5 heteroatoms. The molecule has 4 nitrogen and oxygen atoms in total. The number of carbonyl (C=O) groups excluding carboxylic acids is 1. The Morgan fingerprint density at radius 3 is 2.19 bits per heavy atom. The highest BCUT2D eigenvalue weighted by atomic mass is 32.2. The van der Waals surface area contributed by atoms with Crippen molar-refractivity contribution in [3.63, 3.8) is 0 Å². The third-order valence-electron chi connectivity index (χ3n) is 4.96. The third kappa shape index (κ3) is 2.58. The number of Topliss-reactive ketones (excluding diaryl/α,β-unsaturated/α-hetero) is 1. The molecule has 1 unspecified atom stereocenters. The lowest BCUT2D eigenvalue weighted by atomic mass is 9.87. The minimum Gasteiger partial charge on any atom is -0.490 e. The Morgan fingerprint density at radius 2 is 1.48 bits per heavy atom.